The van der Waals surface area contributed by atoms with Crippen molar-refractivity contribution >= 4 is 5.96 Å². The van der Waals surface area contributed by atoms with Gasteiger partial charge in [-0.15, -0.1) is 0 Å². The lowest BCUT2D eigenvalue weighted by Gasteiger charge is -2.54. The minimum absolute atomic E-state index is 0.280. The summed E-state index contributed by atoms with van der Waals surface area (Å²) in [5.41, 5.74) is 2.12. The van der Waals surface area contributed by atoms with Crippen LogP contribution in [0.5, 0.6) is 0 Å². The van der Waals surface area contributed by atoms with Gasteiger partial charge in [0, 0.05) is 30.7 Å². The molecule has 2 aliphatic rings. The summed E-state index contributed by atoms with van der Waals surface area (Å²) in [5, 5.41) is 7.01. The molecule has 1 aromatic carbocycles. The van der Waals surface area contributed by atoms with Crippen molar-refractivity contribution in [3.05, 3.63) is 42.3 Å². The highest BCUT2D eigenvalue weighted by Gasteiger charge is 2.56. The van der Waals surface area contributed by atoms with Crippen LogP contribution in [0, 0.1) is 5.41 Å². The normalized spacial score (nSPS) is 23.6. The molecule has 2 saturated carbocycles. The van der Waals surface area contributed by atoms with Gasteiger partial charge in [-0.1, -0.05) is 31.0 Å². The van der Waals surface area contributed by atoms with Crippen LogP contribution in [-0.4, -0.2) is 36.7 Å². The third kappa shape index (κ3) is 3.65. The molecule has 1 spiro atoms. The maximum Gasteiger partial charge on any atom is 0.226 e. The first kappa shape index (κ1) is 19.0. The Bertz CT molecular complexity index is 796. The molecule has 0 amide bonds. The smallest absolute Gasteiger partial charge is 0.226 e. The predicted molar refractivity (Wildman–Crippen MR) is 110 cm³/mol. The van der Waals surface area contributed by atoms with Crippen LogP contribution in [0.25, 0.3) is 11.5 Å². The number of guanidine groups is 1. The molecule has 6 nitrogen and oxygen atoms in total. The van der Waals surface area contributed by atoms with Crippen LogP contribution in [0.3, 0.4) is 0 Å². The quantitative estimate of drug-likeness (QED) is 0.588. The van der Waals surface area contributed by atoms with E-state index in [0.717, 1.165) is 30.2 Å². The summed E-state index contributed by atoms with van der Waals surface area (Å²) in [6, 6.07) is 10.4. The first-order valence-corrected chi connectivity index (χ1v) is 10.3. The second-order valence-corrected chi connectivity index (χ2v) is 7.75. The number of oxazole rings is 1. The topological polar surface area (TPSA) is 71.7 Å². The fourth-order valence-electron chi connectivity index (χ4n) is 4.72. The van der Waals surface area contributed by atoms with Crippen molar-refractivity contribution in [1.82, 2.24) is 15.6 Å². The van der Waals surface area contributed by atoms with Gasteiger partial charge in [0.25, 0.3) is 0 Å². The Hall–Kier alpha value is -2.34. The van der Waals surface area contributed by atoms with E-state index in [-0.39, 0.29) is 5.41 Å². The minimum atomic E-state index is 0.280. The highest BCUT2D eigenvalue weighted by atomic mass is 16.5. The molecule has 2 fully saturated rings. The number of aromatic nitrogens is 1. The Labute approximate surface area is 166 Å². The lowest BCUT2D eigenvalue weighted by Crippen LogP contribution is -2.65. The summed E-state index contributed by atoms with van der Waals surface area (Å²) in [4.78, 5) is 8.99. The van der Waals surface area contributed by atoms with Crippen LogP contribution in [0.1, 0.15) is 44.7 Å². The molecule has 1 heterocycles. The predicted octanol–water partition coefficient (Wildman–Crippen LogP) is 3.74. The van der Waals surface area contributed by atoms with Crippen LogP contribution in [0.2, 0.25) is 0 Å². The maximum atomic E-state index is 6.01. The van der Waals surface area contributed by atoms with Gasteiger partial charge < -0.3 is 19.8 Å². The third-order valence-electron chi connectivity index (χ3n) is 6.23. The van der Waals surface area contributed by atoms with E-state index in [0.29, 0.717) is 24.6 Å². The number of ether oxygens (including phenoxy) is 1. The number of nitrogens with one attached hydrogen (secondary N) is 2. The first-order chi connectivity index (χ1) is 13.7. The van der Waals surface area contributed by atoms with Crippen LogP contribution >= 0.6 is 0 Å². The number of aliphatic imine (C=N–C) groups is 1. The average molecular weight is 383 g/mol. The Balaban J connectivity index is 1.34. The van der Waals surface area contributed by atoms with Crippen LogP contribution < -0.4 is 10.6 Å². The SMILES string of the molecule is CCOC1CC(NC(=NC)NCc2coc(-c3ccccc3)n2)C12CCCC2. The zero-order valence-electron chi connectivity index (χ0n) is 16.8. The van der Waals surface area contributed by atoms with Gasteiger partial charge in [0.1, 0.15) is 6.26 Å². The van der Waals surface area contributed by atoms with Crippen molar-refractivity contribution in [1.29, 1.82) is 0 Å². The largest absolute Gasteiger partial charge is 0.444 e. The van der Waals surface area contributed by atoms with Crippen LogP contribution in [0.4, 0.5) is 0 Å². The molecule has 1 aromatic heterocycles. The fourth-order valence-corrected chi connectivity index (χ4v) is 4.72. The van der Waals surface area contributed by atoms with E-state index in [4.69, 9.17) is 9.15 Å². The first-order valence-electron chi connectivity index (χ1n) is 10.3. The molecule has 6 heteroatoms. The minimum Gasteiger partial charge on any atom is -0.444 e. The van der Waals surface area contributed by atoms with Gasteiger partial charge in [0.05, 0.1) is 18.3 Å². The number of hydrogen-bond donors (Lipinski definition) is 2. The second kappa shape index (κ2) is 8.35. The van der Waals surface area contributed by atoms with Crippen molar-refractivity contribution in [3.63, 3.8) is 0 Å². The summed E-state index contributed by atoms with van der Waals surface area (Å²) in [5.74, 6) is 1.46. The molecule has 2 aliphatic carbocycles. The fraction of sp³-hybridized carbons (Fsp3) is 0.545. The molecule has 2 N–H and O–H groups in total. The summed E-state index contributed by atoms with van der Waals surface area (Å²) in [6.45, 7) is 3.46. The molecule has 0 saturated heterocycles. The van der Waals surface area contributed by atoms with E-state index in [9.17, 15) is 0 Å². The van der Waals surface area contributed by atoms with Gasteiger partial charge in [0.2, 0.25) is 5.89 Å². The van der Waals surface area contributed by atoms with Gasteiger partial charge in [-0.25, -0.2) is 4.98 Å². The van der Waals surface area contributed by atoms with E-state index < -0.39 is 0 Å². The van der Waals surface area contributed by atoms with Crippen molar-refractivity contribution in [2.75, 3.05) is 13.7 Å². The second-order valence-electron chi connectivity index (χ2n) is 7.75. The van der Waals surface area contributed by atoms with E-state index in [1.807, 2.05) is 37.4 Å². The van der Waals surface area contributed by atoms with Gasteiger partial charge >= 0.3 is 0 Å². The van der Waals surface area contributed by atoms with Gasteiger partial charge in [0.15, 0.2) is 5.96 Å². The van der Waals surface area contributed by atoms with Gasteiger partial charge in [-0.2, -0.15) is 0 Å². The monoisotopic (exact) mass is 382 g/mol. The molecule has 2 aromatic rings. The molecule has 4 rings (SSSR count). The number of nitrogens with zero attached hydrogens (tertiary/aromatic N) is 2. The van der Waals surface area contributed by atoms with Crippen molar-refractivity contribution in [2.45, 2.75) is 57.7 Å². The van der Waals surface area contributed by atoms with E-state index in [2.05, 4.69) is 27.5 Å². The Kier molecular flexibility index (Phi) is 5.67. The third-order valence-corrected chi connectivity index (χ3v) is 6.23. The van der Waals surface area contributed by atoms with Crippen LogP contribution in [0.15, 0.2) is 46.0 Å². The number of benzene rings is 1. The van der Waals surface area contributed by atoms with E-state index in [1.165, 1.54) is 25.7 Å². The molecule has 0 bridgehead atoms. The van der Waals surface area contributed by atoms with Crippen molar-refractivity contribution in [2.24, 2.45) is 10.4 Å². The molecule has 2 atom stereocenters. The lowest BCUT2D eigenvalue weighted by molar-refractivity contribution is -0.125. The van der Waals surface area contributed by atoms with Crippen molar-refractivity contribution < 1.29 is 9.15 Å². The summed E-state index contributed by atoms with van der Waals surface area (Å²) >= 11 is 0. The van der Waals surface area contributed by atoms with E-state index >= 15 is 0 Å². The standard InChI is InChI=1S/C22H30N4O2/c1-3-27-19-13-18(22(19)11-7-8-12-22)26-21(23-2)24-14-17-15-28-20(25-17)16-9-5-4-6-10-16/h4-6,9-10,15,18-19H,3,7-8,11-14H2,1-2H3,(H2,23,24,26). The van der Waals surface area contributed by atoms with E-state index in [1.54, 1.807) is 6.26 Å². The average Bonchev–Trinajstić information content (AvgIpc) is 3.41. The van der Waals surface area contributed by atoms with Crippen LogP contribution in [-0.2, 0) is 11.3 Å². The zero-order valence-corrected chi connectivity index (χ0v) is 16.8. The number of rotatable bonds is 6. The Morgan fingerprint density at radius 3 is 2.79 bits per heavy atom. The summed E-state index contributed by atoms with van der Waals surface area (Å²) in [7, 11) is 1.81. The molecule has 0 aliphatic heterocycles. The highest BCUT2D eigenvalue weighted by molar-refractivity contribution is 5.80. The maximum absolute atomic E-state index is 6.01. The summed E-state index contributed by atoms with van der Waals surface area (Å²) < 4.78 is 11.6. The Morgan fingerprint density at radius 2 is 2.07 bits per heavy atom. The molecule has 0 radical (unpaired) electrons. The summed E-state index contributed by atoms with van der Waals surface area (Å²) in [6.07, 6.45) is 8.24. The van der Waals surface area contributed by atoms with Gasteiger partial charge in [-0.3, -0.25) is 4.99 Å². The lowest BCUT2D eigenvalue weighted by atomic mass is 9.60. The highest BCUT2D eigenvalue weighted by Crippen LogP contribution is 2.54. The molecule has 150 valence electrons. The van der Waals surface area contributed by atoms with Crippen molar-refractivity contribution in [3.8, 4) is 11.5 Å². The Morgan fingerprint density at radius 1 is 1.29 bits per heavy atom. The number of hydrogen-bond acceptors (Lipinski definition) is 4. The molecule has 28 heavy (non-hydrogen) atoms. The zero-order chi connectivity index (χ0) is 19.4. The molecule has 2 unspecified atom stereocenters. The van der Waals surface area contributed by atoms with Gasteiger partial charge in [-0.05, 0) is 38.3 Å². The molecular formula is C22H30N4O2. The molecular weight excluding hydrogens is 352 g/mol.